The highest BCUT2D eigenvalue weighted by Gasteiger charge is 2.02. The fourth-order valence-electron chi connectivity index (χ4n) is 1.52. The van der Waals surface area contributed by atoms with Crippen LogP contribution in [-0.2, 0) is 6.54 Å². The second kappa shape index (κ2) is 6.39. The van der Waals surface area contributed by atoms with Crippen molar-refractivity contribution in [2.75, 3.05) is 12.4 Å². The van der Waals surface area contributed by atoms with E-state index in [1.165, 1.54) is 0 Å². The summed E-state index contributed by atoms with van der Waals surface area (Å²) in [6.07, 6.45) is 1.62. The number of carbonyl (C=O) groups excluding carboxylic acids is 1. The van der Waals surface area contributed by atoms with Crippen LogP contribution < -0.4 is 15.4 Å². The van der Waals surface area contributed by atoms with Crippen LogP contribution in [0.3, 0.4) is 0 Å². The molecule has 0 aliphatic heterocycles. The SMILES string of the molecule is COc1ccc(CNC(=O)Nc2ccccn2)cc1. The van der Waals surface area contributed by atoms with Crippen LogP contribution in [0.15, 0.2) is 48.7 Å². The molecule has 0 atom stereocenters. The number of methoxy groups -OCH3 is 1. The molecule has 5 heteroatoms. The van der Waals surface area contributed by atoms with Gasteiger partial charge in [-0.05, 0) is 29.8 Å². The molecule has 2 N–H and O–H groups in total. The predicted octanol–water partition coefficient (Wildman–Crippen LogP) is 2.41. The number of aromatic nitrogens is 1. The van der Waals surface area contributed by atoms with Crippen LogP contribution >= 0.6 is 0 Å². The molecule has 98 valence electrons. The van der Waals surface area contributed by atoms with Crippen LogP contribution in [0.25, 0.3) is 0 Å². The zero-order valence-electron chi connectivity index (χ0n) is 10.6. The van der Waals surface area contributed by atoms with Gasteiger partial charge in [-0.15, -0.1) is 0 Å². The molecule has 0 unspecified atom stereocenters. The van der Waals surface area contributed by atoms with Gasteiger partial charge in [0.1, 0.15) is 11.6 Å². The van der Waals surface area contributed by atoms with Crippen molar-refractivity contribution in [1.29, 1.82) is 0 Å². The van der Waals surface area contributed by atoms with Gasteiger partial charge in [0.15, 0.2) is 0 Å². The molecule has 1 heterocycles. The summed E-state index contributed by atoms with van der Waals surface area (Å²) in [6.45, 7) is 0.447. The molecule has 0 aliphatic rings. The van der Waals surface area contributed by atoms with Gasteiger partial charge in [0.2, 0.25) is 0 Å². The van der Waals surface area contributed by atoms with E-state index in [-0.39, 0.29) is 6.03 Å². The first-order valence-electron chi connectivity index (χ1n) is 5.87. The Morgan fingerprint density at radius 1 is 1.21 bits per heavy atom. The minimum Gasteiger partial charge on any atom is -0.497 e. The summed E-state index contributed by atoms with van der Waals surface area (Å²) in [5, 5.41) is 5.40. The van der Waals surface area contributed by atoms with Crippen molar-refractivity contribution in [3.63, 3.8) is 0 Å². The third-order valence-electron chi connectivity index (χ3n) is 2.52. The number of urea groups is 1. The molecule has 19 heavy (non-hydrogen) atoms. The molecule has 0 spiro atoms. The number of pyridine rings is 1. The highest BCUT2D eigenvalue weighted by atomic mass is 16.5. The number of hydrogen-bond acceptors (Lipinski definition) is 3. The first-order valence-corrected chi connectivity index (χ1v) is 5.87. The highest BCUT2D eigenvalue weighted by Crippen LogP contribution is 2.10. The monoisotopic (exact) mass is 257 g/mol. The second-order valence-electron chi connectivity index (χ2n) is 3.87. The van der Waals surface area contributed by atoms with Gasteiger partial charge < -0.3 is 10.1 Å². The maximum absolute atomic E-state index is 11.6. The number of nitrogens with one attached hydrogen (secondary N) is 2. The summed E-state index contributed by atoms with van der Waals surface area (Å²) in [4.78, 5) is 15.6. The molecule has 0 bridgehead atoms. The van der Waals surface area contributed by atoms with E-state index in [1.807, 2.05) is 30.3 Å². The minimum absolute atomic E-state index is 0.283. The van der Waals surface area contributed by atoms with Gasteiger partial charge in [-0.2, -0.15) is 0 Å². The number of amides is 2. The van der Waals surface area contributed by atoms with Crippen LogP contribution in [0.2, 0.25) is 0 Å². The van der Waals surface area contributed by atoms with E-state index in [9.17, 15) is 4.79 Å². The Hall–Kier alpha value is -2.56. The number of carbonyl (C=O) groups is 1. The van der Waals surface area contributed by atoms with Gasteiger partial charge in [-0.25, -0.2) is 9.78 Å². The average Bonchev–Trinajstić information content (AvgIpc) is 2.47. The summed E-state index contributed by atoms with van der Waals surface area (Å²) in [6, 6.07) is 12.6. The Kier molecular flexibility index (Phi) is 4.34. The van der Waals surface area contributed by atoms with Gasteiger partial charge in [0.25, 0.3) is 0 Å². The van der Waals surface area contributed by atoms with E-state index in [4.69, 9.17) is 4.74 Å². The standard InChI is InChI=1S/C14H15N3O2/c1-19-12-7-5-11(6-8-12)10-16-14(18)17-13-4-2-3-9-15-13/h2-9H,10H2,1H3,(H2,15,16,17,18). The molecule has 0 radical (unpaired) electrons. The molecule has 1 aromatic heterocycles. The van der Waals surface area contributed by atoms with E-state index >= 15 is 0 Å². The summed E-state index contributed by atoms with van der Waals surface area (Å²) >= 11 is 0. The summed E-state index contributed by atoms with van der Waals surface area (Å²) in [7, 11) is 1.62. The predicted molar refractivity (Wildman–Crippen MR) is 73.1 cm³/mol. The first-order chi connectivity index (χ1) is 9.28. The number of benzene rings is 1. The zero-order valence-corrected chi connectivity index (χ0v) is 10.6. The van der Waals surface area contributed by atoms with E-state index in [2.05, 4.69) is 15.6 Å². The van der Waals surface area contributed by atoms with Gasteiger partial charge in [-0.3, -0.25) is 5.32 Å². The van der Waals surface area contributed by atoms with E-state index in [1.54, 1.807) is 25.4 Å². The molecule has 1 aromatic carbocycles. The summed E-state index contributed by atoms with van der Waals surface area (Å²) in [5.41, 5.74) is 0.997. The van der Waals surface area contributed by atoms with Gasteiger partial charge in [0, 0.05) is 12.7 Å². The molecular formula is C14H15N3O2. The third-order valence-corrected chi connectivity index (χ3v) is 2.52. The minimum atomic E-state index is -0.283. The van der Waals surface area contributed by atoms with Crippen molar-refractivity contribution in [3.8, 4) is 5.75 Å². The Bertz CT molecular complexity index is 526. The van der Waals surface area contributed by atoms with Gasteiger partial charge >= 0.3 is 6.03 Å². The zero-order chi connectivity index (χ0) is 13.5. The molecular weight excluding hydrogens is 242 g/mol. The normalized spacial score (nSPS) is 9.74. The Labute approximate surface area is 111 Å². The lowest BCUT2D eigenvalue weighted by molar-refractivity contribution is 0.251. The number of anilines is 1. The van der Waals surface area contributed by atoms with Crippen molar-refractivity contribution >= 4 is 11.8 Å². The lowest BCUT2D eigenvalue weighted by atomic mass is 10.2. The van der Waals surface area contributed by atoms with Gasteiger partial charge in [0.05, 0.1) is 7.11 Å². The Balaban J connectivity index is 1.83. The second-order valence-corrected chi connectivity index (χ2v) is 3.87. The molecule has 0 saturated carbocycles. The van der Waals surface area contributed by atoms with Gasteiger partial charge in [-0.1, -0.05) is 18.2 Å². The fourth-order valence-corrected chi connectivity index (χ4v) is 1.52. The summed E-state index contributed by atoms with van der Waals surface area (Å²) in [5.74, 6) is 1.32. The summed E-state index contributed by atoms with van der Waals surface area (Å²) < 4.78 is 5.07. The number of hydrogen-bond donors (Lipinski definition) is 2. The maximum atomic E-state index is 11.6. The fraction of sp³-hybridized carbons (Fsp3) is 0.143. The largest absolute Gasteiger partial charge is 0.497 e. The van der Waals surface area contributed by atoms with Crippen molar-refractivity contribution in [2.24, 2.45) is 0 Å². The third kappa shape index (κ3) is 3.99. The van der Waals surface area contributed by atoms with E-state index < -0.39 is 0 Å². The molecule has 2 rings (SSSR count). The molecule has 2 amide bonds. The molecule has 2 aromatic rings. The van der Waals surface area contributed by atoms with Crippen LogP contribution in [0.1, 0.15) is 5.56 Å². The molecule has 5 nitrogen and oxygen atoms in total. The molecule has 0 saturated heterocycles. The molecule has 0 fully saturated rings. The molecule has 0 aliphatic carbocycles. The van der Waals surface area contributed by atoms with Crippen LogP contribution in [0.5, 0.6) is 5.75 Å². The van der Waals surface area contributed by atoms with E-state index in [0.29, 0.717) is 12.4 Å². The van der Waals surface area contributed by atoms with Crippen molar-refractivity contribution in [2.45, 2.75) is 6.54 Å². The smallest absolute Gasteiger partial charge is 0.320 e. The topological polar surface area (TPSA) is 63.2 Å². The maximum Gasteiger partial charge on any atom is 0.320 e. The van der Waals surface area contributed by atoms with Crippen molar-refractivity contribution < 1.29 is 9.53 Å². The Morgan fingerprint density at radius 3 is 2.63 bits per heavy atom. The number of nitrogens with zero attached hydrogens (tertiary/aromatic N) is 1. The van der Waals surface area contributed by atoms with Crippen molar-refractivity contribution in [1.82, 2.24) is 10.3 Å². The van der Waals surface area contributed by atoms with Crippen LogP contribution in [0, 0.1) is 0 Å². The lowest BCUT2D eigenvalue weighted by Crippen LogP contribution is -2.28. The first kappa shape index (κ1) is 12.9. The van der Waals surface area contributed by atoms with E-state index in [0.717, 1.165) is 11.3 Å². The Morgan fingerprint density at radius 2 is 2.00 bits per heavy atom. The van der Waals surface area contributed by atoms with Crippen molar-refractivity contribution in [3.05, 3.63) is 54.2 Å². The van der Waals surface area contributed by atoms with Crippen LogP contribution in [-0.4, -0.2) is 18.1 Å². The quantitative estimate of drug-likeness (QED) is 0.884. The number of rotatable bonds is 4. The lowest BCUT2D eigenvalue weighted by Gasteiger charge is -2.07. The van der Waals surface area contributed by atoms with Crippen LogP contribution in [0.4, 0.5) is 10.6 Å². The number of ether oxygens (including phenoxy) is 1. The highest BCUT2D eigenvalue weighted by molar-refractivity contribution is 5.88. The average molecular weight is 257 g/mol.